The van der Waals surface area contributed by atoms with Crippen molar-refractivity contribution in [3.63, 3.8) is 0 Å². The molecule has 1 N–H and O–H groups in total. The van der Waals surface area contributed by atoms with Gasteiger partial charge in [-0.2, -0.15) is 0 Å². The monoisotopic (exact) mass is 464 g/mol. The van der Waals surface area contributed by atoms with Gasteiger partial charge in [-0.3, -0.25) is 4.79 Å². The Balaban J connectivity index is 1.33. The molecule has 0 bridgehead atoms. The summed E-state index contributed by atoms with van der Waals surface area (Å²) < 4.78 is 7.36. The lowest BCUT2D eigenvalue weighted by Gasteiger charge is -2.29. The number of hydrogen-bond donors (Lipinski definition) is 1. The quantitative estimate of drug-likeness (QED) is 0.360. The normalized spacial score (nSPS) is 19.0. The van der Waals surface area contributed by atoms with E-state index in [1.807, 2.05) is 39.7 Å². The maximum Gasteiger partial charge on any atom is 0.273 e. The number of para-hydroxylation sites is 1. The van der Waals surface area contributed by atoms with Crippen LogP contribution in [-0.2, 0) is 6.54 Å². The van der Waals surface area contributed by atoms with E-state index in [0.29, 0.717) is 30.1 Å². The molecule has 0 spiro atoms. The molecule has 1 aliphatic carbocycles. The van der Waals surface area contributed by atoms with Gasteiger partial charge in [0.25, 0.3) is 5.56 Å². The van der Waals surface area contributed by atoms with Crippen LogP contribution in [0.2, 0.25) is 0 Å². The summed E-state index contributed by atoms with van der Waals surface area (Å²) in [6, 6.07) is 10.7. The predicted molar refractivity (Wildman–Crippen MR) is 135 cm³/mol. The van der Waals surface area contributed by atoms with Crippen LogP contribution in [0.1, 0.15) is 50.5 Å². The van der Waals surface area contributed by atoms with E-state index in [1.54, 1.807) is 0 Å². The molecule has 3 heterocycles. The van der Waals surface area contributed by atoms with E-state index in [4.69, 9.17) is 4.98 Å². The number of fused-ring (bicyclic) bond motifs is 1. The molecule has 1 aliphatic rings. The van der Waals surface area contributed by atoms with Crippen molar-refractivity contribution in [3.8, 4) is 11.1 Å². The van der Waals surface area contributed by atoms with E-state index in [9.17, 15) is 4.79 Å². The van der Waals surface area contributed by atoms with Gasteiger partial charge in [0.1, 0.15) is 5.69 Å². The number of nitrogens with zero attached hydrogens (tertiary/aromatic N) is 3. The smallest absolute Gasteiger partial charge is 0.273 e. The number of rotatable bonds is 6. The highest BCUT2D eigenvalue weighted by molar-refractivity contribution is 7.18. The lowest BCUT2D eigenvalue weighted by Crippen LogP contribution is -2.31. The van der Waals surface area contributed by atoms with Crippen LogP contribution < -0.4 is 10.9 Å². The fourth-order valence-corrected chi connectivity index (χ4v) is 6.23. The minimum absolute atomic E-state index is 0.0685. The third-order valence-electron chi connectivity index (χ3n) is 6.16. The molecule has 3 aromatic heterocycles. The Morgan fingerprint density at radius 3 is 2.69 bits per heavy atom. The second kappa shape index (κ2) is 9.16. The van der Waals surface area contributed by atoms with Gasteiger partial charge in [0, 0.05) is 47.4 Å². The number of anilines is 1. The van der Waals surface area contributed by atoms with Crippen LogP contribution in [0.3, 0.4) is 0 Å². The third-order valence-corrected chi connectivity index (χ3v) is 7.95. The fourth-order valence-electron chi connectivity index (χ4n) is 4.54. The summed E-state index contributed by atoms with van der Waals surface area (Å²) in [5, 5.41) is 6.89. The largest absolute Gasteiger partial charge is 0.378 e. The van der Waals surface area contributed by atoms with Crippen molar-refractivity contribution in [2.24, 2.45) is 5.92 Å². The van der Waals surface area contributed by atoms with Gasteiger partial charge in [0.15, 0.2) is 0 Å². The van der Waals surface area contributed by atoms with Crippen molar-refractivity contribution in [2.45, 2.75) is 58.0 Å². The summed E-state index contributed by atoms with van der Waals surface area (Å²) in [6.45, 7) is 4.99. The van der Waals surface area contributed by atoms with Gasteiger partial charge in [0.05, 0.1) is 15.2 Å². The predicted octanol–water partition coefficient (Wildman–Crippen LogP) is 6.38. The molecule has 4 aromatic rings. The van der Waals surface area contributed by atoms with Gasteiger partial charge in [-0.15, -0.1) is 11.3 Å². The van der Waals surface area contributed by atoms with Crippen LogP contribution >= 0.6 is 22.9 Å². The van der Waals surface area contributed by atoms with E-state index < -0.39 is 0 Å². The summed E-state index contributed by atoms with van der Waals surface area (Å²) in [5.41, 5.74) is 4.00. The summed E-state index contributed by atoms with van der Waals surface area (Å²) >= 11 is 3.27. The van der Waals surface area contributed by atoms with E-state index >= 15 is 0 Å². The molecule has 0 aliphatic heterocycles. The molecule has 32 heavy (non-hydrogen) atoms. The topological polar surface area (TPSA) is 59.8 Å². The zero-order valence-electron chi connectivity index (χ0n) is 18.5. The molecule has 0 amide bonds. The summed E-state index contributed by atoms with van der Waals surface area (Å²) in [5.74, 6) is 0.923. The number of hydrogen-bond acceptors (Lipinski definition) is 6. The Labute approximate surface area is 196 Å². The third kappa shape index (κ3) is 4.50. The Morgan fingerprint density at radius 1 is 1.16 bits per heavy atom. The standard InChI is InChI=1S/C25H28N4OS2/c1-16(2)13-29-14-18(19-12-26-31-15-19)11-22(25(29)30)27-20-9-7-17(8-10-20)24-28-21-5-3-4-6-23(21)32-24/h3-6,11-12,14-17,20,27H,7-10,13H2,1-2H3/t17-,20+. The lowest BCUT2D eigenvalue weighted by molar-refractivity contribution is 0.411. The summed E-state index contributed by atoms with van der Waals surface area (Å²) in [7, 11) is 0. The van der Waals surface area contributed by atoms with Crippen molar-refractivity contribution < 1.29 is 0 Å². The average Bonchev–Trinajstić information content (AvgIpc) is 3.46. The molecule has 5 rings (SSSR count). The first kappa shape index (κ1) is 21.3. The number of benzene rings is 1. The highest BCUT2D eigenvalue weighted by Gasteiger charge is 2.25. The highest BCUT2D eigenvalue weighted by Crippen LogP contribution is 2.37. The highest BCUT2D eigenvalue weighted by atomic mass is 32.1. The Morgan fingerprint density at radius 2 is 1.97 bits per heavy atom. The lowest BCUT2D eigenvalue weighted by atomic mass is 9.86. The van der Waals surface area contributed by atoms with E-state index in [-0.39, 0.29) is 5.56 Å². The fraction of sp³-hybridized carbons (Fsp3) is 0.400. The van der Waals surface area contributed by atoms with Gasteiger partial charge in [-0.25, -0.2) is 9.36 Å². The average molecular weight is 465 g/mol. The van der Waals surface area contributed by atoms with E-state index in [1.165, 1.54) is 21.2 Å². The van der Waals surface area contributed by atoms with Crippen molar-refractivity contribution in [1.29, 1.82) is 0 Å². The van der Waals surface area contributed by atoms with Crippen molar-refractivity contribution >= 4 is 38.8 Å². The Bertz CT molecular complexity index is 1220. The zero-order valence-corrected chi connectivity index (χ0v) is 20.1. The summed E-state index contributed by atoms with van der Waals surface area (Å²) in [4.78, 5) is 18.0. The van der Waals surface area contributed by atoms with Crippen LogP contribution in [0.15, 0.2) is 52.9 Å². The molecule has 1 fully saturated rings. The first-order valence-electron chi connectivity index (χ1n) is 11.3. The van der Waals surface area contributed by atoms with Gasteiger partial charge in [0.2, 0.25) is 0 Å². The number of aromatic nitrogens is 3. The molecule has 5 nitrogen and oxygen atoms in total. The first-order chi connectivity index (χ1) is 15.6. The molecular weight excluding hydrogens is 436 g/mol. The number of nitrogens with one attached hydrogen (secondary N) is 1. The van der Waals surface area contributed by atoms with E-state index in [0.717, 1.165) is 42.3 Å². The van der Waals surface area contributed by atoms with Crippen LogP contribution in [0.4, 0.5) is 5.69 Å². The maximum atomic E-state index is 13.2. The molecule has 7 heteroatoms. The minimum atomic E-state index is 0.0685. The SMILES string of the molecule is CC(C)Cn1cc(-c2cnsc2)cc(N[C@H]2CC[C@@H](c3nc4ccccc4s3)CC2)c1=O. The molecule has 0 saturated heterocycles. The minimum Gasteiger partial charge on any atom is -0.378 e. The zero-order chi connectivity index (χ0) is 22.1. The number of pyridine rings is 1. The second-order valence-corrected chi connectivity index (χ2v) is 10.8. The Hall–Kier alpha value is -2.51. The van der Waals surface area contributed by atoms with Gasteiger partial charge < -0.3 is 9.88 Å². The molecule has 1 aromatic carbocycles. The second-order valence-electron chi connectivity index (χ2n) is 9.12. The maximum absolute atomic E-state index is 13.2. The van der Waals surface area contributed by atoms with Crippen molar-refractivity contribution in [3.05, 3.63) is 63.5 Å². The number of thiazole rings is 1. The van der Waals surface area contributed by atoms with Crippen LogP contribution in [0.5, 0.6) is 0 Å². The molecular formula is C25H28N4OS2. The molecule has 0 radical (unpaired) electrons. The van der Waals surface area contributed by atoms with Gasteiger partial charge in [-0.1, -0.05) is 26.0 Å². The molecule has 1 saturated carbocycles. The van der Waals surface area contributed by atoms with Gasteiger partial charge in [-0.05, 0) is 61.3 Å². The Kier molecular flexibility index (Phi) is 6.11. The van der Waals surface area contributed by atoms with E-state index in [2.05, 4.69) is 47.8 Å². The van der Waals surface area contributed by atoms with Crippen molar-refractivity contribution in [2.75, 3.05) is 5.32 Å². The summed E-state index contributed by atoms with van der Waals surface area (Å²) in [6.07, 6.45) is 8.15. The molecule has 0 unspecified atom stereocenters. The van der Waals surface area contributed by atoms with Crippen LogP contribution in [0.25, 0.3) is 21.3 Å². The van der Waals surface area contributed by atoms with Crippen molar-refractivity contribution in [1.82, 2.24) is 13.9 Å². The van der Waals surface area contributed by atoms with Gasteiger partial charge >= 0.3 is 0 Å². The van der Waals surface area contributed by atoms with Crippen LogP contribution in [0, 0.1) is 5.92 Å². The molecule has 166 valence electrons. The molecule has 0 atom stereocenters. The first-order valence-corrected chi connectivity index (χ1v) is 13.0. The van der Waals surface area contributed by atoms with Crippen LogP contribution in [-0.4, -0.2) is 20.0 Å².